The summed E-state index contributed by atoms with van der Waals surface area (Å²) in [6.07, 6.45) is 4.77. The Kier molecular flexibility index (Phi) is 10.9. The summed E-state index contributed by atoms with van der Waals surface area (Å²) in [4.78, 5) is 43.3. The molecular formula is C45H47FN6O7Si. The van der Waals surface area contributed by atoms with Crippen LogP contribution in [0.15, 0.2) is 125 Å². The van der Waals surface area contributed by atoms with Crippen LogP contribution in [0.2, 0.25) is 18.6 Å². The number of carbonyl (C=O) groups is 1. The third kappa shape index (κ3) is 7.05. The van der Waals surface area contributed by atoms with Crippen molar-refractivity contribution in [2.45, 2.75) is 62.7 Å². The first-order chi connectivity index (χ1) is 28.9. The number of fused-ring (bicyclic) bond motifs is 2. The number of nitrogens with zero attached hydrogens (tertiary/aromatic N) is 6. The van der Waals surface area contributed by atoms with Crippen molar-refractivity contribution < 1.29 is 28.2 Å². The molecule has 1 N–H and O–H groups in total. The van der Waals surface area contributed by atoms with Crippen LogP contribution in [0.3, 0.4) is 0 Å². The molecule has 1 unspecified atom stereocenters. The molecule has 3 aromatic carbocycles. The number of methoxy groups -OCH3 is 2. The molecule has 1 saturated heterocycles. The fourth-order valence-electron chi connectivity index (χ4n) is 9.12. The highest BCUT2D eigenvalue weighted by Gasteiger charge is 2.66. The van der Waals surface area contributed by atoms with Crippen LogP contribution in [0.1, 0.15) is 41.6 Å². The Bertz CT molecular complexity index is 2640. The number of halogens is 1. The predicted octanol–water partition coefficient (Wildman–Crippen LogP) is 6.13. The van der Waals surface area contributed by atoms with E-state index in [4.69, 9.17) is 14.2 Å². The summed E-state index contributed by atoms with van der Waals surface area (Å²) < 4.78 is 39.0. The molecule has 2 aliphatic rings. The number of ether oxygens (including phenoxy) is 3. The molecule has 0 aliphatic carbocycles. The minimum absolute atomic E-state index is 0.146. The van der Waals surface area contributed by atoms with Gasteiger partial charge in [0.05, 0.1) is 50.8 Å². The van der Waals surface area contributed by atoms with E-state index in [0.29, 0.717) is 41.3 Å². The number of aliphatic hydroxyl groups is 1. The van der Waals surface area contributed by atoms with Crippen LogP contribution < -0.4 is 25.5 Å². The Morgan fingerprint density at radius 3 is 2.12 bits per heavy atom. The van der Waals surface area contributed by atoms with Crippen LogP contribution in [0.25, 0.3) is 11.4 Å². The lowest BCUT2D eigenvalue weighted by molar-refractivity contribution is -0.146. The van der Waals surface area contributed by atoms with E-state index in [0.717, 1.165) is 11.1 Å². The number of hydrogen-bond acceptors (Lipinski definition) is 9. The number of hydrogen-bond donors (Lipinski definition) is 1. The number of amides is 1. The monoisotopic (exact) mass is 830 g/mol. The number of aromatic nitrogens is 5. The zero-order valence-corrected chi connectivity index (χ0v) is 35.1. The molecule has 6 aromatic rings. The van der Waals surface area contributed by atoms with E-state index in [1.807, 2.05) is 67.6 Å². The third-order valence-electron chi connectivity index (χ3n) is 12.0. The van der Waals surface area contributed by atoms with Gasteiger partial charge >= 0.3 is 0 Å². The second-order valence-corrected chi connectivity index (χ2v) is 19.7. The van der Waals surface area contributed by atoms with Crippen molar-refractivity contribution in [2.75, 3.05) is 25.7 Å². The van der Waals surface area contributed by atoms with Crippen LogP contribution in [-0.4, -0.2) is 70.5 Å². The Morgan fingerprint density at radius 1 is 0.867 bits per heavy atom. The molecular weight excluding hydrogens is 784 g/mol. The fraction of sp³-hybridized carbons (Fsp3) is 0.311. The van der Waals surface area contributed by atoms with Crippen molar-refractivity contribution in [3.63, 3.8) is 0 Å². The second kappa shape index (κ2) is 16.1. The number of pyridine rings is 2. The Morgan fingerprint density at radius 2 is 1.50 bits per heavy atom. The molecule has 1 amide bonds. The van der Waals surface area contributed by atoms with Gasteiger partial charge in [0, 0.05) is 53.5 Å². The molecule has 13 nitrogen and oxygen atoms in total. The van der Waals surface area contributed by atoms with E-state index >= 15 is 8.90 Å². The molecule has 15 heteroatoms. The molecule has 0 saturated carbocycles. The highest BCUT2D eigenvalue weighted by molar-refractivity contribution is 6.72. The van der Waals surface area contributed by atoms with Gasteiger partial charge in [-0.2, -0.15) is 0 Å². The van der Waals surface area contributed by atoms with Crippen molar-refractivity contribution in [1.29, 1.82) is 0 Å². The molecule has 1 spiro atoms. The van der Waals surface area contributed by atoms with E-state index in [9.17, 15) is 14.7 Å². The standard InChI is InChI=1S/C45H47FN6O7Si/c1-29-41(60(4,5)46)38(21-24-49-27-36(47-48-49)34(28-53)31-11-7-6-8-12-31)59-45(29)35-25-33(51-23-10-14-40(58-3)43(51)55)19-20-37(35)52(44(45)56)26-30-15-17-32(18-16-30)50-22-9-13-39(57-2)42(50)54/h6-20,22-23,25,27,29,34,38,41,53H,21,24,26,28H2,1-5H3/t29-,34?,38+,41-,45+/m0/s1. The van der Waals surface area contributed by atoms with E-state index in [-0.39, 0.29) is 47.6 Å². The number of carbonyl (C=O) groups excluding carboxylic acids is 1. The number of benzene rings is 3. The maximum Gasteiger partial charge on any atom is 0.297 e. The molecule has 5 heterocycles. The first kappa shape index (κ1) is 40.6. The van der Waals surface area contributed by atoms with Crippen LogP contribution >= 0.6 is 0 Å². The summed E-state index contributed by atoms with van der Waals surface area (Å²) in [7, 11) is -0.643. The van der Waals surface area contributed by atoms with Gasteiger partial charge in [0.2, 0.25) is 8.41 Å². The SMILES string of the molecule is COc1cccn(-c2ccc(CN3C(=O)[C@]4(O[C@H](CCn5cc(C(CO)c6ccccc6)nn5)[C@@H]([Si](C)(C)F)[C@@H]4C)c4cc(-n5cccc(OC)c5=O)ccc43)cc2)c1=O. The number of rotatable bonds is 13. The van der Waals surface area contributed by atoms with Crippen molar-refractivity contribution in [3.8, 4) is 22.9 Å². The first-order valence-corrected chi connectivity index (χ1v) is 22.8. The second-order valence-electron chi connectivity index (χ2n) is 15.9. The third-order valence-corrected chi connectivity index (χ3v) is 14.4. The maximum absolute atomic E-state index is 16.8. The molecule has 1 fully saturated rings. The summed E-state index contributed by atoms with van der Waals surface area (Å²) in [6, 6.07) is 28.9. The van der Waals surface area contributed by atoms with E-state index in [2.05, 4.69) is 10.3 Å². The Hall–Kier alpha value is -6.16. The Labute approximate surface area is 347 Å². The van der Waals surface area contributed by atoms with E-state index in [1.54, 1.807) is 77.7 Å². The molecule has 310 valence electrons. The topological polar surface area (TPSA) is 143 Å². The molecule has 8 rings (SSSR count). The van der Waals surface area contributed by atoms with Crippen molar-refractivity contribution in [1.82, 2.24) is 24.1 Å². The molecule has 2 aliphatic heterocycles. The van der Waals surface area contributed by atoms with Gasteiger partial charge < -0.3 is 28.3 Å². The van der Waals surface area contributed by atoms with Crippen molar-refractivity contribution in [3.05, 3.63) is 159 Å². The van der Waals surface area contributed by atoms with Crippen LogP contribution in [0.4, 0.5) is 9.80 Å². The van der Waals surface area contributed by atoms with Gasteiger partial charge in [-0.25, -0.2) is 0 Å². The van der Waals surface area contributed by atoms with Gasteiger partial charge in [0.1, 0.15) is 0 Å². The lowest BCUT2D eigenvalue weighted by Crippen LogP contribution is -2.45. The van der Waals surface area contributed by atoms with Gasteiger partial charge in [-0.05, 0) is 85.2 Å². The molecule has 5 atom stereocenters. The largest absolute Gasteiger partial charge is 0.491 e. The summed E-state index contributed by atoms with van der Waals surface area (Å²) in [6.45, 7) is 5.56. The van der Waals surface area contributed by atoms with Gasteiger partial charge in [-0.1, -0.05) is 54.6 Å². The number of aryl methyl sites for hydroxylation is 1. The molecule has 60 heavy (non-hydrogen) atoms. The minimum atomic E-state index is -3.52. The summed E-state index contributed by atoms with van der Waals surface area (Å²) in [5.74, 6) is -0.898. The summed E-state index contributed by atoms with van der Waals surface area (Å²) >= 11 is 0. The number of anilines is 1. The lowest BCUT2D eigenvalue weighted by atomic mass is 9.82. The zero-order valence-electron chi connectivity index (χ0n) is 34.1. The van der Waals surface area contributed by atoms with Gasteiger partial charge in [-0.15, -0.1) is 5.10 Å². The highest BCUT2D eigenvalue weighted by atomic mass is 28.4. The average molecular weight is 831 g/mol. The predicted molar refractivity (Wildman–Crippen MR) is 226 cm³/mol. The van der Waals surface area contributed by atoms with Crippen LogP contribution in [0, 0.1) is 5.92 Å². The lowest BCUT2D eigenvalue weighted by Gasteiger charge is -2.31. The van der Waals surface area contributed by atoms with Crippen molar-refractivity contribution in [2.24, 2.45) is 5.92 Å². The normalized spacial score (nSPS) is 20.4. The van der Waals surface area contributed by atoms with Crippen LogP contribution in [0.5, 0.6) is 11.5 Å². The van der Waals surface area contributed by atoms with Gasteiger partial charge in [0.15, 0.2) is 17.1 Å². The molecule has 3 aromatic heterocycles. The molecule has 0 radical (unpaired) electrons. The zero-order chi connectivity index (χ0) is 42.3. The average Bonchev–Trinajstić information content (AvgIpc) is 3.91. The highest BCUT2D eigenvalue weighted by Crippen LogP contribution is 2.60. The molecule has 0 bridgehead atoms. The Balaban J connectivity index is 1.15. The smallest absolute Gasteiger partial charge is 0.297 e. The quantitative estimate of drug-likeness (QED) is 0.107. The summed E-state index contributed by atoms with van der Waals surface area (Å²) in [5, 5.41) is 19.0. The first-order valence-electron chi connectivity index (χ1n) is 19.9. The van der Waals surface area contributed by atoms with E-state index < -0.39 is 31.6 Å². The van der Waals surface area contributed by atoms with Gasteiger partial charge in [0.25, 0.3) is 17.0 Å². The van der Waals surface area contributed by atoms with E-state index in [1.165, 1.54) is 23.4 Å². The number of aliphatic hydroxyl groups excluding tert-OH is 1. The summed E-state index contributed by atoms with van der Waals surface area (Å²) in [5.41, 5.74) is 1.74. The fourth-order valence-corrected chi connectivity index (χ4v) is 11.7. The van der Waals surface area contributed by atoms with Gasteiger partial charge in [-0.3, -0.25) is 28.2 Å². The van der Waals surface area contributed by atoms with Crippen LogP contribution in [-0.2, 0) is 28.2 Å². The van der Waals surface area contributed by atoms with Crippen molar-refractivity contribution >= 4 is 20.0 Å². The maximum atomic E-state index is 16.8. The minimum Gasteiger partial charge on any atom is -0.491 e.